The van der Waals surface area contributed by atoms with Crippen molar-refractivity contribution < 1.29 is 4.79 Å². The fourth-order valence-electron chi connectivity index (χ4n) is 2.71. The Bertz CT molecular complexity index is 717. The lowest BCUT2D eigenvalue weighted by molar-refractivity contribution is -0.113. The number of benzene rings is 1. The molecule has 0 unspecified atom stereocenters. The molecule has 0 aliphatic carbocycles. The van der Waals surface area contributed by atoms with Crippen molar-refractivity contribution in [1.29, 1.82) is 0 Å². The number of carbonyl (C=O) groups is 1. The van der Waals surface area contributed by atoms with Crippen LogP contribution in [-0.2, 0) is 30.6 Å². The number of hydrogen-bond acceptors (Lipinski definition) is 4. The molecule has 0 radical (unpaired) electrons. The average Bonchev–Trinajstić information content (AvgIpc) is 3.02. The molecule has 1 amide bonds. The third-order valence-corrected chi connectivity index (χ3v) is 4.98. The van der Waals surface area contributed by atoms with E-state index in [0.717, 1.165) is 35.9 Å². The second-order valence-electron chi connectivity index (χ2n) is 5.65. The third kappa shape index (κ3) is 4.72. The van der Waals surface area contributed by atoms with E-state index in [1.54, 1.807) is 0 Å². The Morgan fingerprint density at radius 2 is 1.88 bits per heavy atom. The summed E-state index contributed by atoms with van der Waals surface area (Å²) >= 11 is 1.41. The lowest BCUT2D eigenvalue weighted by Gasteiger charge is -2.14. The van der Waals surface area contributed by atoms with Gasteiger partial charge in [-0.15, -0.1) is 16.8 Å². The summed E-state index contributed by atoms with van der Waals surface area (Å²) in [6.07, 6.45) is 4.41. The van der Waals surface area contributed by atoms with Crippen molar-refractivity contribution >= 4 is 23.4 Å². The Labute approximate surface area is 153 Å². The number of amides is 1. The third-order valence-electron chi connectivity index (χ3n) is 4.02. The molecule has 0 bridgehead atoms. The van der Waals surface area contributed by atoms with Crippen LogP contribution in [0.4, 0.5) is 5.69 Å². The van der Waals surface area contributed by atoms with Gasteiger partial charge in [-0.3, -0.25) is 4.79 Å². The van der Waals surface area contributed by atoms with Gasteiger partial charge < -0.3 is 9.88 Å². The van der Waals surface area contributed by atoms with E-state index in [0.29, 0.717) is 12.3 Å². The fourth-order valence-corrected chi connectivity index (χ4v) is 3.48. The number of rotatable bonds is 9. The highest BCUT2D eigenvalue weighted by Gasteiger charge is 2.14. The fraction of sp³-hybridized carbons (Fsp3) is 0.421. The molecule has 1 aromatic heterocycles. The summed E-state index contributed by atoms with van der Waals surface area (Å²) in [6, 6.07) is 6.18. The van der Waals surface area contributed by atoms with Crippen LogP contribution in [0.15, 0.2) is 36.0 Å². The number of anilines is 1. The molecule has 1 N–H and O–H groups in total. The first-order valence-corrected chi connectivity index (χ1v) is 9.69. The second kappa shape index (κ2) is 9.42. The van der Waals surface area contributed by atoms with Crippen molar-refractivity contribution in [2.75, 3.05) is 11.1 Å². The van der Waals surface area contributed by atoms with Crippen molar-refractivity contribution in [2.24, 2.45) is 0 Å². The number of nitrogens with one attached hydrogen (secondary N) is 1. The summed E-state index contributed by atoms with van der Waals surface area (Å²) in [4.78, 5) is 12.5. The zero-order valence-corrected chi connectivity index (χ0v) is 16.0. The lowest BCUT2D eigenvalue weighted by atomic mass is 10.0. The van der Waals surface area contributed by atoms with Gasteiger partial charge in [0.2, 0.25) is 5.91 Å². The Balaban J connectivity index is 2.07. The number of nitrogens with zero attached hydrogens (tertiary/aromatic N) is 3. The van der Waals surface area contributed by atoms with Gasteiger partial charge in [-0.05, 0) is 24.0 Å². The highest BCUT2D eigenvalue weighted by Crippen LogP contribution is 2.24. The molecule has 0 aliphatic rings. The molecule has 134 valence electrons. The van der Waals surface area contributed by atoms with E-state index in [9.17, 15) is 4.79 Å². The van der Waals surface area contributed by atoms with Gasteiger partial charge in [0.25, 0.3) is 0 Å². The van der Waals surface area contributed by atoms with Crippen molar-refractivity contribution in [1.82, 2.24) is 14.8 Å². The molecule has 0 spiro atoms. The minimum absolute atomic E-state index is 0.0215. The van der Waals surface area contributed by atoms with Gasteiger partial charge in [-0.25, -0.2) is 0 Å². The highest BCUT2D eigenvalue weighted by molar-refractivity contribution is 7.99. The van der Waals surface area contributed by atoms with E-state index in [2.05, 4.69) is 48.1 Å². The molecule has 0 aliphatic heterocycles. The molecule has 0 fully saturated rings. The zero-order valence-electron chi connectivity index (χ0n) is 15.2. The Kier molecular flexibility index (Phi) is 7.25. The zero-order chi connectivity index (χ0) is 18.2. The lowest BCUT2D eigenvalue weighted by Crippen LogP contribution is -2.17. The van der Waals surface area contributed by atoms with Crippen LogP contribution in [0.3, 0.4) is 0 Å². The smallest absolute Gasteiger partial charge is 0.234 e. The van der Waals surface area contributed by atoms with Gasteiger partial charge in [0, 0.05) is 18.7 Å². The van der Waals surface area contributed by atoms with Crippen LogP contribution in [0.2, 0.25) is 0 Å². The van der Waals surface area contributed by atoms with E-state index in [4.69, 9.17) is 0 Å². The number of para-hydroxylation sites is 1. The van der Waals surface area contributed by atoms with Gasteiger partial charge in [0.15, 0.2) is 5.16 Å². The Morgan fingerprint density at radius 1 is 1.20 bits per heavy atom. The normalized spacial score (nSPS) is 10.7. The quantitative estimate of drug-likeness (QED) is 0.546. The van der Waals surface area contributed by atoms with Gasteiger partial charge >= 0.3 is 0 Å². The molecule has 0 saturated carbocycles. The van der Waals surface area contributed by atoms with E-state index >= 15 is 0 Å². The molecule has 0 saturated heterocycles. The predicted octanol–water partition coefficient (Wildman–Crippen LogP) is 3.88. The van der Waals surface area contributed by atoms with Gasteiger partial charge in [-0.2, -0.15) is 0 Å². The maximum absolute atomic E-state index is 12.5. The number of aromatic nitrogens is 3. The summed E-state index contributed by atoms with van der Waals surface area (Å²) in [6.45, 7) is 10.7. The summed E-state index contributed by atoms with van der Waals surface area (Å²) in [7, 11) is 0. The van der Waals surface area contributed by atoms with Crippen LogP contribution in [0.1, 0.15) is 37.7 Å². The van der Waals surface area contributed by atoms with Crippen LogP contribution < -0.4 is 5.32 Å². The van der Waals surface area contributed by atoms with Crippen LogP contribution >= 0.6 is 11.8 Å². The van der Waals surface area contributed by atoms with Crippen molar-refractivity contribution in [2.45, 2.75) is 51.7 Å². The minimum atomic E-state index is -0.0215. The highest BCUT2D eigenvalue weighted by atomic mass is 32.2. The summed E-state index contributed by atoms with van der Waals surface area (Å²) in [5.41, 5.74) is 3.29. The van der Waals surface area contributed by atoms with E-state index in [1.807, 2.05) is 23.6 Å². The predicted molar refractivity (Wildman–Crippen MR) is 104 cm³/mol. The topological polar surface area (TPSA) is 59.8 Å². The molecule has 2 aromatic rings. The summed E-state index contributed by atoms with van der Waals surface area (Å²) < 4.78 is 2.00. The number of thioether (sulfide) groups is 1. The maximum Gasteiger partial charge on any atom is 0.234 e. The molecule has 1 heterocycles. The van der Waals surface area contributed by atoms with E-state index in [1.165, 1.54) is 22.9 Å². The first-order chi connectivity index (χ1) is 12.1. The summed E-state index contributed by atoms with van der Waals surface area (Å²) in [5.74, 6) is 1.19. The molecule has 1 aromatic carbocycles. The Morgan fingerprint density at radius 3 is 2.44 bits per heavy atom. The molecule has 25 heavy (non-hydrogen) atoms. The standard InChI is InChI=1S/C19H26N4OS/c1-5-12-23-16(8-4)21-22-19(23)25-13-17(24)20-18-14(6-2)10-9-11-15(18)7-3/h5,9-11H,1,6-8,12-13H2,2-4H3,(H,20,24). The number of carbonyl (C=O) groups excluding carboxylic acids is 1. The monoisotopic (exact) mass is 358 g/mol. The molecule has 0 atom stereocenters. The summed E-state index contributed by atoms with van der Waals surface area (Å²) in [5, 5.41) is 12.2. The van der Waals surface area contributed by atoms with Crippen molar-refractivity contribution in [3.8, 4) is 0 Å². The number of hydrogen-bond donors (Lipinski definition) is 1. The van der Waals surface area contributed by atoms with Crippen LogP contribution in [0, 0.1) is 0 Å². The van der Waals surface area contributed by atoms with Gasteiger partial charge in [0.05, 0.1) is 5.75 Å². The first-order valence-electron chi connectivity index (χ1n) is 8.70. The van der Waals surface area contributed by atoms with Crippen LogP contribution in [0.5, 0.6) is 0 Å². The molecule has 6 heteroatoms. The van der Waals surface area contributed by atoms with E-state index in [-0.39, 0.29) is 5.91 Å². The van der Waals surface area contributed by atoms with E-state index < -0.39 is 0 Å². The molecular formula is C19H26N4OS. The first kappa shape index (κ1) is 19.2. The molecule has 5 nitrogen and oxygen atoms in total. The van der Waals surface area contributed by atoms with Crippen LogP contribution in [0.25, 0.3) is 0 Å². The number of aryl methyl sites for hydroxylation is 3. The maximum atomic E-state index is 12.5. The SMILES string of the molecule is C=CCn1c(CC)nnc1SCC(=O)Nc1c(CC)cccc1CC. The van der Waals surface area contributed by atoms with Crippen LogP contribution in [-0.4, -0.2) is 26.4 Å². The number of allylic oxidation sites excluding steroid dienone is 1. The second-order valence-corrected chi connectivity index (χ2v) is 6.59. The minimum Gasteiger partial charge on any atom is -0.325 e. The van der Waals surface area contributed by atoms with Gasteiger partial charge in [-0.1, -0.05) is 56.8 Å². The Hall–Kier alpha value is -2.08. The largest absolute Gasteiger partial charge is 0.325 e. The molecule has 2 rings (SSSR count). The molecular weight excluding hydrogens is 332 g/mol. The average molecular weight is 359 g/mol. The van der Waals surface area contributed by atoms with Crippen molar-refractivity contribution in [3.05, 3.63) is 47.8 Å². The van der Waals surface area contributed by atoms with Crippen molar-refractivity contribution in [3.63, 3.8) is 0 Å². The van der Waals surface area contributed by atoms with Gasteiger partial charge in [0.1, 0.15) is 5.82 Å².